The monoisotopic (exact) mass is 231 g/mol. The van der Waals surface area contributed by atoms with Gasteiger partial charge in [0.05, 0.1) is 7.11 Å². The molecule has 0 unspecified atom stereocenters. The van der Waals surface area contributed by atoms with Crippen molar-refractivity contribution < 1.29 is 18.4 Å². The fraction of sp³-hybridized carbons (Fsp3) is 0.333. The van der Waals surface area contributed by atoms with E-state index in [2.05, 4.69) is 0 Å². The van der Waals surface area contributed by atoms with Gasteiger partial charge in [0.25, 0.3) is 10.0 Å². The molecule has 0 saturated carbocycles. The highest BCUT2D eigenvalue weighted by Gasteiger charge is 2.20. The highest BCUT2D eigenvalue weighted by atomic mass is 32.2. The average Bonchev–Trinajstić information content (AvgIpc) is 2.16. The number of sulfonamides is 1. The zero-order valence-corrected chi connectivity index (χ0v) is 9.55. The summed E-state index contributed by atoms with van der Waals surface area (Å²) in [4.78, 5) is 1.21. The number of aryl methyl sites for hydroxylation is 2. The summed E-state index contributed by atoms with van der Waals surface area (Å²) in [5, 5.41) is 8.56. The predicted molar refractivity (Wildman–Crippen MR) is 54.6 cm³/mol. The van der Waals surface area contributed by atoms with Crippen LogP contribution in [-0.4, -0.2) is 20.7 Å². The van der Waals surface area contributed by atoms with Gasteiger partial charge in [-0.2, -0.15) is 0 Å². The van der Waals surface area contributed by atoms with Gasteiger partial charge in [0.1, 0.15) is 10.6 Å². The zero-order valence-electron chi connectivity index (χ0n) is 8.73. The molecule has 0 aliphatic carbocycles. The highest BCUT2D eigenvalue weighted by Crippen LogP contribution is 2.28. The molecular formula is C9H13NO4S. The van der Waals surface area contributed by atoms with Gasteiger partial charge in [-0.25, -0.2) is 8.42 Å². The molecule has 0 aliphatic heterocycles. The maximum atomic E-state index is 11.4. The van der Waals surface area contributed by atoms with Gasteiger partial charge in [-0.1, -0.05) is 11.0 Å². The van der Waals surface area contributed by atoms with Crippen LogP contribution in [0.25, 0.3) is 0 Å². The summed E-state index contributed by atoms with van der Waals surface area (Å²) in [5.41, 5.74) is 1.48. The van der Waals surface area contributed by atoms with Crippen molar-refractivity contribution >= 4 is 10.0 Å². The van der Waals surface area contributed by atoms with E-state index in [0.717, 1.165) is 5.56 Å². The molecule has 1 aromatic rings. The Labute approximate surface area is 88.7 Å². The number of nitrogens with one attached hydrogen (secondary N) is 1. The van der Waals surface area contributed by atoms with Gasteiger partial charge < -0.3 is 9.94 Å². The molecule has 1 rings (SSSR count). The molecule has 5 nitrogen and oxygen atoms in total. The summed E-state index contributed by atoms with van der Waals surface area (Å²) in [6.07, 6.45) is 0. The molecule has 2 N–H and O–H groups in total. The van der Waals surface area contributed by atoms with Gasteiger partial charge in [0.15, 0.2) is 0 Å². The molecule has 0 amide bonds. The minimum atomic E-state index is -3.91. The third-order valence-corrected chi connectivity index (χ3v) is 3.12. The Balaban J connectivity index is 3.53. The molecule has 0 spiro atoms. The SMILES string of the molecule is COc1c(C)cc(C)cc1S(=O)(=O)NO. The molecule has 1 aromatic carbocycles. The van der Waals surface area contributed by atoms with Crippen molar-refractivity contribution in [3.63, 3.8) is 0 Å². The summed E-state index contributed by atoms with van der Waals surface area (Å²) in [6.45, 7) is 3.51. The van der Waals surface area contributed by atoms with Crippen molar-refractivity contribution in [2.45, 2.75) is 18.7 Å². The Morgan fingerprint density at radius 1 is 1.33 bits per heavy atom. The van der Waals surface area contributed by atoms with Crippen molar-refractivity contribution in [1.82, 2.24) is 4.89 Å². The molecule has 0 fully saturated rings. The van der Waals surface area contributed by atoms with Crippen LogP contribution in [-0.2, 0) is 10.0 Å². The summed E-state index contributed by atoms with van der Waals surface area (Å²) < 4.78 is 27.9. The first kappa shape index (κ1) is 12.0. The van der Waals surface area contributed by atoms with Crippen molar-refractivity contribution in [3.05, 3.63) is 23.3 Å². The zero-order chi connectivity index (χ0) is 11.6. The van der Waals surface area contributed by atoms with Gasteiger partial charge >= 0.3 is 0 Å². The average molecular weight is 231 g/mol. The number of hydrogen-bond acceptors (Lipinski definition) is 4. The first-order valence-electron chi connectivity index (χ1n) is 4.23. The number of rotatable bonds is 3. The molecule has 0 aliphatic rings. The van der Waals surface area contributed by atoms with Gasteiger partial charge in [-0.3, -0.25) is 0 Å². The highest BCUT2D eigenvalue weighted by molar-refractivity contribution is 7.89. The molecule has 0 heterocycles. The lowest BCUT2D eigenvalue weighted by Crippen LogP contribution is -2.20. The van der Waals surface area contributed by atoms with Crippen LogP contribution in [0.15, 0.2) is 17.0 Å². The minimum absolute atomic E-state index is 0.0648. The fourth-order valence-corrected chi connectivity index (χ4v) is 2.35. The van der Waals surface area contributed by atoms with E-state index in [-0.39, 0.29) is 10.6 Å². The van der Waals surface area contributed by atoms with E-state index >= 15 is 0 Å². The molecule has 6 heteroatoms. The van der Waals surface area contributed by atoms with E-state index in [9.17, 15) is 8.42 Å². The standard InChI is InChI=1S/C9H13NO4S/c1-6-4-7(2)9(14-3)8(5-6)15(12,13)10-11/h4-5,10-11H,1-3H3. The quantitative estimate of drug-likeness (QED) is 0.760. The minimum Gasteiger partial charge on any atom is -0.495 e. The van der Waals surface area contributed by atoms with Crippen LogP contribution >= 0.6 is 0 Å². The van der Waals surface area contributed by atoms with E-state index in [1.807, 2.05) is 0 Å². The van der Waals surface area contributed by atoms with E-state index < -0.39 is 10.0 Å². The van der Waals surface area contributed by atoms with E-state index in [4.69, 9.17) is 9.94 Å². The third kappa shape index (κ3) is 2.28. The third-order valence-electron chi connectivity index (χ3n) is 2.00. The molecule has 15 heavy (non-hydrogen) atoms. The topological polar surface area (TPSA) is 75.6 Å². The summed E-state index contributed by atoms with van der Waals surface area (Å²) in [6, 6.07) is 3.24. The second-order valence-corrected chi connectivity index (χ2v) is 4.84. The lowest BCUT2D eigenvalue weighted by atomic mass is 10.1. The normalized spacial score (nSPS) is 11.5. The maximum Gasteiger partial charge on any atom is 0.265 e. The van der Waals surface area contributed by atoms with Gasteiger partial charge in [0, 0.05) is 0 Å². The second-order valence-electron chi connectivity index (χ2n) is 3.21. The van der Waals surface area contributed by atoms with Crippen LogP contribution in [0, 0.1) is 13.8 Å². The molecule has 0 bridgehead atoms. The van der Waals surface area contributed by atoms with Gasteiger partial charge in [-0.05, 0) is 31.0 Å². The first-order chi connectivity index (χ1) is 6.92. The molecule has 84 valence electrons. The number of benzene rings is 1. The largest absolute Gasteiger partial charge is 0.495 e. The number of hydrogen-bond donors (Lipinski definition) is 2. The molecule has 0 radical (unpaired) electrons. The second kappa shape index (κ2) is 4.18. The predicted octanol–water partition coefficient (Wildman–Crippen LogP) is 0.980. The molecule has 0 saturated heterocycles. The fourth-order valence-electron chi connectivity index (χ4n) is 1.43. The van der Waals surface area contributed by atoms with Gasteiger partial charge in [-0.15, -0.1) is 0 Å². The van der Waals surface area contributed by atoms with Crippen molar-refractivity contribution in [1.29, 1.82) is 0 Å². The number of methoxy groups -OCH3 is 1. The summed E-state index contributed by atoms with van der Waals surface area (Å²) >= 11 is 0. The molecular weight excluding hydrogens is 218 g/mol. The maximum absolute atomic E-state index is 11.4. The van der Waals surface area contributed by atoms with Crippen LogP contribution in [0.4, 0.5) is 0 Å². The lowest BCUT2D eigenvalue weighted by molar-refractivity contribution is 0.242. The van der Waals surface area contributed by atoms with Crippen LogP contribution < -0.4 is 9.62 Å². The molecule has 0 atom stereocenters. The van der Waals surface area contributed by atoms with Crippen molar-refractivity contribution in [2.75, 3.05) is 7.11 Å². The Kier molecular flexibility index (Phi) is 3.33. The Morgan fingerprint density at radius 2 is 1.93 bits per heavy atom. The number of ether oxygens (including phenoxy) is 1. The summed E-state index contributed by atoms with van der Waals surface area (Å²) in [5.74, 6) is 0.238. The van der Waals surface area contributed by atoms with Crippen molar-refractivity contribution in [3.8, 4) is 5.75 Å². The Hall–Kier alpha value is -1.11. The van der Waals surface area contributed by atoms with Gasteiger partial charge in [0.2, 0.25) is 0 Å². The van der Waals surface area contributed by atoms with E-state index in [1.165, 1.54) is 18.1 Å². The van der Waals surface area contributed by atoms with Crippen LogP contribution in [0.3, 0.4) is 0 Å². The van der Waals surface area contributed by atoms with Crippen molar-refractivity contribution in [2.24, 2.45) is 0 Å². The Morgan fingerprint density at radius 3 is 2.40 bits per heavy atom. The first-order valence-corrected chi connectivity index (χ1v) is 5.72. The van der Waals surface area contributed by atoms with E-state index in [0.29, 0.717) is 5.56 Å². The van der Waals surface area contributed by atoms with E-state index in [1.54, 1.807) is 19.9 Å². The lowest BCUT2D eigenvalue weighted by Gasteiger charge is -2.11. The van der Waals surface area contributed by atoms with Crippen LogP contribution in [0.1, 0.15) is 11.1 Å². The van der Waals surface area contributed by atoms with Crippen LogP contribution in [0.5, 0.6) is 5.75 Å². The Bertz CT molecular complexity index is 467. The molecule has 0 aromatic heterocycles. The smallest absolute Gasteiger partial charge is 0.265 e. The summed E-state index contributed by atoms with van der Waals surface area (Å²) in [7, 11) is -2.52. The van der Waals surface area contributed by atoms with Crippen LogP contribution in [0.2, 0.25) is 0 Å².